The van der Waals surface area contributed by atoms with Crippen molar-refractivity contribution in [1.82, 2.24) is 24.6 Å². The van der Waals surface area contributed by atoms with E-state index in [9.17, 15) is 19.6 Å². The molecule has 4 heterocycles. The quantitative estimate of drug-likeness (QED) is 0.221. The van der Waals surface area contributed by atoms with E-state index < -0.39 is 48.9 Å². The maximum atomic E-state index is 13.3. The molecule has 0 aliphatic carbocycles. The van der Waals surface area contributed by atoms with Crippen molar-refractivity contribution < 1.29 is 38.3 Å². The maximum Gasteiger partial charge on any atom is 0.327 e. The Balaban J connectivity index is 1.23. The van der Waals surface area contributed by atoms with Gasteiger partial charge in [0.05, 0.1) is 20.0 Å². The van der Waals surface area contributed by atoms with E-state index in [4.69, 9.17) is 24.5 Å². The lowest BCUT2D eigenvalue weighted by atomic mass is 9.96. The van der Waals surface area contributed by atoms with E-state index in [0.717, 1.165) is 16.9 Å². The van der Waals surface area contributed by atoms with Crippen LogP contribution in [-0.4, -0.2) is 79.0 Å². The van der Waals surface area contributed by atoms with Crippen LogP contribution in [0.1, 0.15) is 31.7 Å². The summed E-state index contributed by atoms with van der Waals surface area (Å²) >= 11 is 0.956. The maximum absolute atomic E-state index is 13.3. The molecule has 2 aliphatic heterocycles. The first-order chi connectivity index (χ1) is 18.5. The van der Waals surface area contributed by atoms with E-state index in [1.807, 2.05) is 30.3 Å². The van der Waals surface area contributed by atoms with Crippen LogP contribution in [-0.2, 0) is 23.4 Å². The minimum Gasteiger partial charge on any atom is -0.479 e. The lowest BCUT2D eigenvalue weighted by Gasteiger charge is -2.27. The Morgan fingerprint density at radius 1 is 1.38 bits per heavy atom. The Morgan fingerprint density at radius 2 is 2.13 bits per heavy atom. The van der Waals surface area contributed by atoms with E-state index in [1.54, 1.807) is 6.92 Å². The fourth-order valence-electron chi connectivity index (χ4n) is 4.45. The number of nitrogens with two attached hydrogens (primary N) is 1. The van der Waals surface area contributed by atoms with Gasteiger partial charge in [0, 0.05) is 5.75 Å². The van der Waals surface area contributed by atoms with Crippen molar-refractivity contribution in [2.45, 2.75) is 50.0 Å². The van der Waals surface area contributed by atoms with Gasteiger partial charge in [-0.3, -0.25) is 13.9 Å². The molecule has 2 fully saturated rings. The highest BCUT2D eigenvalue weighted by molar-refractivity contribution is 8.56. The summed E-state index contributed by atoms with van der Waals surface area (Å²) in [5.41, 5.74) is 5.33. The number of ether oxygens (including phenoxy) is 3. The molecule has 4 unspecified atom stereocenters. The van der Waals surface area contributed by atoms with Crippen molar-refractivity contribution in [2.24, 2.45) is 0 Å². The monoisotopic (exact) mass is 580 g/mol. The number of hydrogen-bond donors (Lipinski definition) is 4. The van der Waals surface area contributed by atoms with Gasteiger partial charge in [0.15, 0.2) is 17.4 Å². The zero-order chi connectivity index (χ0) is 27.9. The van der Waals surface area contributed by atoms with Gasteiger partial charge in [-0.25, -0.2) is 10.1 Å². The van der Waals surface area contributed by atoms with Crippen molar-refractivity contribution >= 4 is 41.2 Å². The van der Waals surface area contributed by atoms with Crippen molar-refractivity contribution in [3.8, 4) is 5.88 Å². The average Bonchev–Trinajstić information content (AvgIpc) is 3.57. The lowest BCUT2D eigenvalue weighted by molar-refractivity contribution is -0.150. The number of aliphatic hydroxyl groups excluding tert-OH is 1. The Bertz CT molecular complexity index is 1410. The van der Waals surface area contributed by atoms with Crippen LogP contribution in [0.5, 0.6) is 5.88 Å². The predicted octanol–water partition coefficient (Wildman–Crippen LogP) is 1.56. The van der Waals surface area contributed by atoms with Crippen LogP contribution < -0.4 is 15.6 Å². The molecule has 0 bridgehead atoms. The third-order valence-electron chi connectivity index (χ3n) is 6.59. The molecule has 0 radical (unpaired) electrons. The number of aromatic nitrogens is 4. The molecule has 5 N–H and O–H groups in total. The van der Waals surface area contributed by atoms with Gasteiger partial charge in [-0.1, -0.05) is 41.7 Å². The Kier molecular flexibility index (Phi) is 7.59. The molecule has 2 aromatic heterocycles. The third-order valence-corrected chi connectivity index (χ3v) is 10.6. The summed E-state index contributed by atoms with van der Waals surface area (Å²) in [6.07, 6.45) is -2.75. The van der Waals surface area contributed by atoms with Gasteiger partial charge in [-0.05, 0) is 19.4 Å². The number of imidazole rings is 1. The summed E-state index contributed by atoms with van der Waals surface area (Å²) in [6.45, 7) is -0.719. The highest BCUT2D eigenvalue weighted by atomic mass is 32.7. The summed E-state index contributed by atoms with van der Waals surface area (Å²) in [6, 6.07) is 8.43. The number of hydrogen-bond acceptors (Lipinski definition) is 13. The SMILES string of the molecule is COc1nc(N)nc2c1ncn2C1OC(COP2(=O)NC(C(=O)O[C@H](C)c3ccccc3)CS2)[C@@H](O)[C@@]1(C)O. The highest BCUT2D eigenvalue weighted by Gasteiger charge is 2.54. The highest BCUT2D eigenvalue weighted by Crippen LogP contribution is 2.61. The van der Waals surface area contributed by atoms with Crippen LogP contribution in [0.4, 0.5) is 5.95 Å². The van der Waals surface area contributed by atoms with Crippen LogP contribution in [0.2, 0.25) is 0 Å². The van der Waals surface area contributed by atoms with Gasteiger partial charge >= 0.3 is 12.7 Å². The molecule has 14 nitrogen and oxygen atoms in total. The summed E-state index contributed by atoms with van der Waals surface area (Å²) < 4.78 is 37.0. The first-order valence-electron chi connectivity index (χ1n) is 12.0. The average molecular weight is 581 g/mol. The second-order valence-electron chi connectivity index (χ2n) is 9.37. The fourth-order valence-corrected chi connectivity index (χ4v) is 8.33. The molecule has 0 saturated carbocycles. The van der Waals surface area contributed by atoms with E-state index in [2.05, 4.69) is 20.0 Å². The standard InChI is InChI=1S/C23H29N6O8PS/c1-12(13-7-5-4-6-8-13)36-20(31)14-10-39-38(33,28-14)35-9-15-17(30)23(2,32)21(37-15)29-11-25-16-18(29)26-22(24)27-19(16)34-3/h4-8,11-12,14-15,17,21,30,32H,9-10H2,1-3H3,(H,28,33)(H2,24,26,27)/t12-,14?,15?,17-,21?,23-,38?/m1/s1. The van der Waals surface area contributed by atoms with Gasteiger partial charge in [-0.15, -0.1) is 0 Å². The van der Waals surface area contributed by atoms with E-state index in [1.165, 1.54) is 24.9 Å². The number of esters is 1. The van der Waals surface area contributed by atoms with E-state index in [0.29, 0.717) is 0 Å². The number of carbonyl (C=O) groups is 1. The molecule has 2 saturated heterocycles. The molecule has 5 rings (SSSR count). The normalized spacial score (nSPS) is 31.4. The van der Waals surface area contributed by atoms with Crippen molar-refractivity contribution in [3.05, 3.63) is 42.2 Å². The number of nitrogen functional groups attached to an aromatic ring is 1. The molecule has 16 heteroatoms. The molecule has 1 aromatic carbocycles. The molecule has 39 heavy (non-hydrogen) atoms. The lowest BCUT2D eigenvalue weighted by Crippen LogP contribution is -2.44. The van der Waals surface area contributed by atoms with Crippen LogP contribution >= 0.6 is 18.1 Å². The van der Waals surface area contributed by atoms with Crippen molar-refractivity contribution in [2.75, 3.05) is 25.2 Å². The van der Waals surface area contributed by atoms with Gasteiger partial charge < -0.3 is 34.7 Å². The second kappa shape index (κ2) is 10.7. The van der Waals surface area contributed by atoms with Crippen LogP contribution in [0, 0.1) is 0 Å². The molecule has 0 spiro atoms. The van der Waals surface area contributed by atoms with Crippen LogP contribution in [0.15, 0.2) is 36.7 Å². The van der Waals surface area contributed by atoms with Gasteiger partial charge in [-0.2, -0.15) is 9.97 Å². The Morgan fingerprint density at radius 3 is 2.85 bits per heavy atom. The summed E-state index contributed by atoms with van der Waals surface area (Å²) in [4.78, 5) is 25.0. The van der Waals surface area contributed by atoms with E-state index >= 15 is 0 Å². The molecule has 3 aromatic rings. The van der Waals surface area contributed by atoms with Gasteiger partial charge in [0.1, 0.15) is 30.0 Å². The van der Waals surface area contributed by atoms with Gasteiger partial charge in [0.25, 0.3) is 0 Å². The van der Waals surface area contributed by atoms with Crippen LogP contribution in [0.25, 0.3) is 11.2 Å². The predicted molar refractivity (Wildman–Crippen MR) is 141 cm³/mol. The third kappa shape index (κ3) is 5.35. The number of nitrogens with zero attached hydrogens (tertiary/aromatic N) is 4. The molecule has 2 aliphatic rings. The number of anilines is 1. The summed E-state index contributed by atoms with van der Waals surface area (Å²) in [5, 5.41) is 24.7. The summed E-state index contributed by atoms with van der Waals surface area (Å²) in [5.74, 6) is -0.310. The second-order valence-corrected chi connectivity index (χ2v) is 13.7. The van der Waals surface area contributed by atoms with Crippen molar-refractivity contribution in [3.63, 3.8) is 0 Å². The first kappa shape index (κ1) is 27.8. The molecule has 7 atom stereocenters. The Hall–Kier alpha value is -2.78. The van der Waals surface area contributed by atoms with E-state index in [-0.39, 0.29) is 35.4 Å². The number of nitrogens with one attached hydrogen (secondary N) is 1. The molecule has 0 amide bonds. The minimum atomic E-state index is -3.53. The topological polar surface area (TPSA) is 193 Å². The number of rotatable bonds is 8. The number of carbonyl (C=O) groups excluding carboxylic acids is 1. The van der Waals surface area contributed by atoms with Crippen molar-refractivity contribution in [1.29, 1.82) is 0 Å². The number of fused-ring (bicyclic) bond motifs is 1. The minimum absolute atomic E-state index is 0.0761. The summed E-state index contributed by atoms with van der Waals surface area (Å²) in [7, 11) is 1.41. The first-order valence-corrected chi connectivity index (χ1v) is 15.3. The number of methoxy groups -OCH3 is 1. The smallest absolute Gasteiger partial charge is 0.327 e. The molecular formula is C23H29N6O8PS. The largest absolute Gasteiger partial charge is 0.479 e. The zero-order valence-electron chi connectivity index (χ0n) is 21.3. The number of benzene rings is 1. The molecular weight excluding hydrogens is 551 g/mol. The molecule has 210 valence electrons. The van der Waals surface area contributed by atoms with Crippen LogP contribution in [0.3, 0.4) is 0 Å². The number of aliphatic hydroxyl groups is 2. The van der Waals surface area contributed by atoms with Gasteiger partial charge in [0.2, 0.25) is 11.8 Å². The fraction of sp³-hybridized carbons (Fsp3) is 0.478. The zero-order valence-corrected chi connectivity index (χ0v) is 23.0. The Labute approximate surface area is 227 Å².